The average molecular weight is 380 g/mol. The van der Waals surface area contributed by atoms with Crippen LogP contribution in [-0.4, -0.2) is 25.0 Å². The molecular formula is C22H20O4S. The van der Waals surface area contributed by atoms with E-state index in [1.165, 1.54) is 11.3 Å². The quantitative estimate of drug-likeness (QED) is 0.438. The molecule has 0 saturated carbocycles. The van der Waals surface area contributed by atoms with Gasteiger partial charge in [-0.2, -0.15) is 0 Å². The minimum Gasteiger partial charge on any atom is -0.497 e. The van der Waals surface area contributed by atoms with Crippen LogP contribution in [-0.2, 0) is 4.74 Å². The summed E-state index contributed by atoms with van der Waals surface area (Å²) in [5, 5.41) is 1.85. The normalized spacial score (nSPS) is 11.7. The van der Waals surface area contributed by atoms with E-state index < -0.39 is 12.1 Å². The lowest BCUT2D eigenvalue weighted by Gasteiger charge is -2.13. The fourth-order valence-electron chi connectivity index (χ4n) is 2.69. The number of hydrogen-bond acceptors (Lipinski definition) is 5. The van der Waals surface area contributed by atoms with Crippen molar-refractivity contribution in [1.82, 2.24) is 0 Å². The lowest BCUT2D eigenvalue weighted by atomic mass is 10.0. The Morgan fingerprint density at radius 2 is 1.63 bits per heavy atom. The zero-order valence-corrected chi connectivity index (χ0v) is 16.2. The van der Waals surface area contributed by atoms with Crippen LogP contribution >= 0.6 is 11.3 Å². The summed E-state index contributed by atoms with van der Waals surface area (Å²) in [5.74, 6) is -0.0769. The predicted molar refractivity (Wildman–Crippen MR) is 107 cm³/mol. The summed E-state index contributed by atoms with van der Waals surface area (Å²) in [5.41, 5.74) is 3.38. The topological polar surface area (TPSA) is 52.6 Å². The molecule has 3 aromatic rings. The highest BCUT2D eigenvalue weighted by molar-refractivity contribution is 7.12. The molecule has 0 spiro atoms. The SMILES string of the molecule is COc1ccc(C(=O)[C@@H](C)OC(=O)c2sccc2-c2ccc(C)cc2)cc1. The van der Waals surface area contributed by atoms with Crippen molar-refractivity contribution in [3.63, 3.8) is 0 Å². The first-order chi connectivity index (χ1) is 13.0. The van der Waals surface area contributed by atoms with Crippen molar-refractivity contribution in [2.45, 2.75) is 20.0 Å². The number of methoxy groups -OCH3 is 1. The van der Waals surface area contributed by atoms with Gasteiger partial charge in [-0.15, -0.1) is 11.3 Å². The van der Waals surface area contributed by atoms with Crippen LogP contribution in [0.4, 0.5) is 0 Å². The molecule has 0 radical (unpaired) electrons. The van der Waals surface area contributed by atoms with E-state index in [0.29, 0.717) is 16.2 Å². The first-order valence-electron chi connectivity index (χ1n) is 8.53. The van der Waals surface area contributed by atoms with E-state index in [4.69, 9.17) is 9.47 Å². The van der Waals surface area contributed by atoms with E-state index in [0.717, 1.165) is 16.7 Å². The minimum absolute atomic E-state index is 0.251. The number of esters is 1. The second-order valence-corrected chi connectivity index (χ2v) is 7.09. The zero-order valence-electron chi connectivity index (χ0n) is 15.4. The van der Waals surface area contributed by atoms with Crippen LogP contribution in [0.1, 0.15) is 32.5 Å². The molecule has 5 heteroatoms. The molecule has 138 valence electrons. The monoisotopic (exact) mass is 380 g/mol. The van der Waals surface area contributed by atoms with E-state index in [9.17, 15) is 9.59 Å². The molecule has 0 saturated heterocycles. The number of rotatable bonds is 6. The molecule has 2 aromatic carbocycles. The maximum absolute atomic E-state index is 12.6. The van der Waals surface area contributed by atoms with Crippen LogP contribution in [0.2, 0.25) is 0 Å². The Labute approximate surface area is 162 Å². The Morgan fingerprint density at radius 3 is 2.26 bits per heavy atom. The number of thiophene rings is 1. The zero-order chi connectivity index (χ0) is 19.4. The third-order valence-corrected chi connectivity index (χ3v) is 5.14. The van der Waals surface area contributed by atoms with Gasteiger partial charge < -0.3 is 9.47 Å². The van der Waals surface area contributed by atoms with Crippen LogP contribution in [0.15, 0.2) is 60.0 Å². The molecule has 0 aliphatic rings. The van der Waals surface area contributed by atoms with E-state index >= 15 is 0 Å². The molecule has 4 nitrogen and oxygen atoms in total. The van der Waals surface area contributed by atoms with Crippen LogP contribution in [0.5, 0.6) is 5.75 Å². The minimum atomic E-state index is -0.876. The number of benzene rings is 2. The van der Waals surface area contributed by atoms with Gasteiger partial charge in [0.25, 0.3) is 0 Å². The highest BCUT2D eigenvalue weighted by atomic mass is 32.1. The van der Waals surface area contributed by atoms with Gasteiger partial charge in [-0.3, -0.25) is 4.79 Å². The first kappa shape index (κ1) is 18.9. The number of hydrogen-bond donors (Lipinski definition) is 0. The molecule has 0 N–H and O–H groups in total. The third-order valence-electron chi connectivity index (χ3n) is 4.24. The van der Waals surface area contributed by atoms with Crippen molar-refractivity contribution >= 4 is 23.1 Å². The van der Waals surface area contributed by atoms with Gasteiger partial charge in [0.2, 0.25) is 5.78 Å². The molecule has 0 aliphatic heterocycles. The Morgan fingerprint density at radius 1 is 0.963 bits per heavy atom. The number of ether oxygens (including phenoxy) is 2. The van der Waals surface area contributed by atoms with Crippen molar-refractivity contribution in [3.8, 4) is 16.9 Å². The van der Waals surface area contributed by atoms with Crippen molar-refractivity contribution in [2.75, 3.05) is 7.11 Å². The van der Waals surface area contributed by atoms with Gasteiger partial charge >= 0.3 is 5.97 Å². The molecular weight excluding hydrogens is 360 g/mol. The molecule has 1 atom stereocenters. The van der Waals surface area contributed by atoms with Crippen LogP contribution < -0.4 is 4.74 Å². The second-order valence-electron chi connectivity index (χ2n) is 6.17. The molecule has 0 bridgehead atoms. The summed E-state index contributed by atoms with van der Waals surface area (Å²) in [6.45, 7) is 3.60. The van der Waals surface area contributed by atoms with Crippen molar-refractivity contribution in [1.29, 1.82) is 0 Å². The lowest BCUT2D eigenvalue weighted by Crippen LogP contribution is -2.24. The van der Waals surface area contributed by atoms with Crippen LogP contribution in [0.25, 0.3) is 11.1 Å². The fourth-order valence-corrected chi connectivity index (χ4v) is 3.48. The molecule has 1 heterocycles. The second kappa shape index (κ2) is 8.18. The van der Waals surface area contributed by atoms with Crippen molar-refractivity contribution in [2.24, 2.45) is 0 Å². The van der Waals surface area contributed by atoms with E-state index in [1.54, 1.807) is 38.3 Å². The number of aryl methyl sites for hydroxylation is 1. The standard InChI is InChI=1S/C22H20O4S/c1-14-4-6-16(7-5-14)19-12-13-27-21(19)22(24)26-15(2)20(23)17-8-10-18(25-3)11-9-17/h4-13,15H,1-3H3/t15-/m1/s1. The smallest absolute Gasteiger partial charge is 0.349 e. The molecule has 3 rings (SSSR count). The lowest BCUT2D eigenvalue weighted by molar-refractivity contribution is 0.0324. The first-order valence-corrected chi connectivity index (χ1v) is 9.41. The summed E-state index contributed by atoms with van der Waals surface area (Å²) in [4.78, 5) is 25.7. The average Bonchev–Trinajstić information content (AvgIpc) is 3.18. The summed E-state index contributed by atoms with van der Waals surface area (Å²) in [7, 11) is 1.56. The van der Waals surface area contributed by atoms with Gasteiger partial charge in [-0.1, -0.05) is 29.8 Å². The number of carbonyl (C=O) groups excluding carboxylic acids is 2. The predicted octanol–water partition coefficient (Wildman–Crippen LogP) is 5.16. The largest absolute Gasteiger partial charge is 0.497 e. The maximum Gasteiger partial charge on any atom is 0.349 e. The number of ketones is 1. The molecule has 0 unspecified atom stereocenters. The molecule has 27 heavy (non-hydrogen) atoms. The summed E-state index contributed by atoms with van der Waals surface area (Å²) in [6.07, 6.45) is -0.876. The Kier molecular flexibility index (Phi) is 5.72. The van der Waals surface area contributed by atoms with E-state index in [2.05, 4.69) is 0 Å². The number of carbonyl (C=O) groups is 2. The third kappa shape index (κ3) is 4.26. The van der Waals surface area contributed by atoms with Gasteiger partial charge in [0.1, 0.15) is 10.6 Å². The van der Waals surface area contributed by atoms with Gasteiger partial charge in [0.05, 0.1) is 7.11 Å². The van der Waals surface area contributed by atoms with E-state index in [-0.39, 0.29) is 5.78 Å². The van der Waals surface area contributed by atoms with Gasteiger partial charge in [0.15, 0.2) is 6.10 Å². The van der Waals surface area contributed by atoms with Crippen molar-refractivity contribution in [3.05, 3.63) is 76.0 Å². The number of Topliss-reactive ketones (excluding diaryl/α,β-unsaturated/α-hetero) is 1. The summed E-state index contributed by atoms with van der Waals surface area (Å²) >= 11 is 1.31. The molecule has 0 aliphatic carbocycles. The Hall–Kier alpha value is -2.92. The van der Waals surface area contributed by atoms with Gasteiger partial charge in [-0.05, 0) is 55.1 Å². The van der Waals surface area contributed by atoms with Crippen LogP contribution in [0, 0.1) is 6.92 Å². The summed E-state index contributed by atoms with van der Waals surface area (Å²) < 4.78 is 10.5. The highest BCUT2D eigenvalue weighted by Crippen LogP contribution is 2.29. The highest BCUT2D eigenvalue weighted by Gasteiger charge is 2.23. The van der Waals surface area contributed by atoms with Crippen LogP contribution in [0.3, 0.4) is 0 Å². The van der Waals surface area contributed by atoms with Crippen molar-refractivity contribution < 1.29 is 19.1 Å². The summed E-state index contributed by atoms with van der Waals surface area (Å²) in [6, 6.07) is 16.6. The van der Waals surface area contributed by atoms with Gasteiger partial charge in [-0.25, -0.2) is 4.79 Å². The fraction of sp³-hybridized carbons (Fsp3) is 0.182. The molecule has 0 fully saturated rings. The molecule has 0 amide bonds. The Bertz CT molecular complexity index is 939. The Balaban J connectivity index is 1.74. The maximum atomic E-state index is 12.6. The van der Waals surface area contributed by atoms with E-state index in [1.807, 2.05) is 42.6 Å². The van der Waals surface area contributed by atoms with Gasteiger partial charge in [0, 0.05) is 11.1 Å². The molecule has 1 aromatic heterocycles.